The van der Waals surface area contributed by atoms with Crippen LogP contribution in [-0.2, 0) is 23.8 Å². The van der Waals surface area contributed by atoms with Gasteiger partial charge in [-0.1, -0.05) is 25.7 Å². The molecule has 1 N–H and O–H groups in total. The van der Waals surface area contributed by atoms with Gasteiger partial charge >= 0.3 is 6.18 Å². The van der Waals surface area contributed by atoms with E-state index in [2.05, 4.69) is 5.32 Å². The third-order valence-electron chi connectivity index (χ3n) is 6.86. The number of nitrogens with one attached hydrogen (secondary N) is 1. The van der Waals surface area contributed by atoms with Gasteiger partial charge in [0.1, 0.15) is 5.78 Å². The van der Waals surface area contributed by atoms with Crippen molar-refractivity contribution < 1.29 is 22.9 Å². The smallest absolute Gasteiger partial charge is 0.378 e. The average Bonchev–Trinajstić information content (AvgIpc) is 3.41. The van der Waals surface area contributed by atoms with E-state index in [9.17, 15) is 28.1 Å². The largest absolute Gasteiger partial charge is 0.416 e. The third kappa shape index (κ3) is 5.54. The number of rotatable bonds is 8. The lowest BCUT2D eigenvalue weighted by Gasteiger charge is -2.17. The van der Waals surface area contributed by atoms with Crippen molar-refractivity contribution in [1.29, 1.82) is 0 Å². The fraction of sp³-hybridized carbons (Fsp3) is 0.480. The highest BCUT2D eigenvalue weighted by molar-refractivity contribution is 5.82. The number of nitro groups is 1. The molecule has 1 fully saturated rings. The lowest BCUT2D eigenvalue weighted by molar-refractivity contribution is -0.385. The molecule has 5 nitrogen and oxygen atoms in total. The Balaban J connectivity index is 1.47. The lowest BCUT2D eigenvalue weighted by atomic mass is 9.95. The maximum absolute atomic E-state index is 12.8. The molecule has 2 aromatic carbocycles. The highest BCUT2D eigenvalue weighted by Crippen LogP contribution is 2.39. The van der Waals surface area contributed by atoms with Gasteiger partial charge in [-0.15, -0.1) is 0 Å². The minimum atomic E-state index is -4.40. The number of anilines is 1. The molecule has 0 aromatic heterocycles. The Kier molecular flexibility index (Phi) is 6.72. The van der Waals surface area contributed by atoms with Crippen LogP contribution in [0.2, 0.25) is 0 Å². The third-order valence-corrected chi connectivity index (χ3v) is 6.86. The van der Waals surface area contributed by atoms with Gasteiger partial charge < -0.3 is 5.32 Å². The van der Waals surface area contributed by atoms with E-state index in [4.69, 9.17) is 0 Å². The van der Waals surface area contributed by atoms with Crippen LogP contribution in [0.25, 0.3) is 0 Å². The predicted octanol–water partition coefficient (Wildman–Crippen LogP) is 6.80. The number of ketones is 1. The second kappa shape index (κ2) is 9.53. The lowest BCUT2D eigenvalue weighted by Crippen LogP contribution is -2.10. The fourth-order valence-electron chi connectivity index (χ4n) is 5.08. The molecule has 8 heteroatoms. The molecule has 4 rings (SSSR count). The van der Waals surface area contributed by atoms with Crippen molar-refractivity contribution in [2.45, 2.75) is 70.0 Å². The highest BCUT2D eigenvalue weighted by Gasteiger charge is 2.31. The number of aryl methyl sites for hydroxylation is 1. The van der Waals surface area contributed by atoms with Crippen LogP contribution >= 0.6 is 0 Å². The summed E-state index contributed by atoms with van der Waals surface area (Å²) in [6, 6.07) is 7.84. The molecule has 2 aromatic rings. The summed E-state index contributed by atoms with van der Waals surface area (Å²) in [5.74, 6) is 0.628. The molecule has 0 radical (unpaired) electrons. The normalized spacial score (nSPS) is 18.3. The maximum atomic E-state index is 12.8. The first-order valence-electron chi connectivity index (χ1n) is 11.5. The van der Waals surface area contributed by atoms with E-state index in [1.807, 2.05) is 0 Å². The molecule has 176 valence electrons. The molecule has 1 unspecified atom stereocenters. The van der Waals surface area contributed by atoms with Crippen LogP contribution in [0.3, 0.4) is 0 Å². The summed E-state index contributed by atoms with van der Waals surface area (Å²) in [6.07, 6.45) is 3.11. The van der Waals surface area contributed by atoms with Gasteiger partial charge in [-0.3, -0.25) is 14.9 Å². The van der Waals surface area contributed by atoms with Gasteiger partial charge in [0, 0.05) is 30.2 Å². The number of hydrogen-bond donors (Lipinski definition) is 1. The van der Waals surface area contributed by atoms with Crippen LogP contribution in [0.15, 0.2) is 36.4 Å². The highest BCUT2D eigenvalue weighted by atomic mass is 19.4. The molecular formula is C25H27F3N2O3. The number of benzene rings is 2. The minimum absolute atomic E-state index is 0.0300. The topological polar surface area (TPSA) is 72.2 Å². The summed E-state index contributed by atoms with van der Waals surface area (Å²) in [5, 5.41) is 14.9. The Hall–Kier alpha value is -2.90. The molecule has 0 amide bonds. The number of Topliss-reactive ketones (excluding diaryl/α,β-unsaturated/α-hetero) is 1. The molecule has 0 heterocycles. The van der Waals surface area contributed by atoms with Crippen molar-refractivity contribution in [3.05, 3.63) is 68.8 Å². The molecule has 2 aliphatic rings. The van der Waals surface area contributed by atoms with E-state index < -0.39 is 16.7 Å². The standard InChI is InChI=1S/C25H27F3N2O3/c26-25(27,28)19-7-9-20(10-8-19)29-23-12-6-17-13-18(24(30(32)33)15-22(17)23)14-21(31)11-5-16-3-1-2-4-16/h7-10,13,15-16,23,29H,1-6,11-12,14H2. The second-order valence-corrected chi connectivity index (χ2v) is 9.15. The summed E-state index contributed by atoms with van der Waals surface area (Å²) in [7, 11) is 0. The number of alkyl halides is 3. The first-order valence-corrected chi connectivity index (χ1v) is 11.5. The molecular weight excluding hydrogens is 433 g/mol. The molecule has 2 aliphatic carbocycles. The second-order valence-electron chi connectivity index (χ2n) is 9.15. The summed E-state index contributed by atoms with van der Waals surface area (Å²) >= 11 is 0. The Labute approximate surface area is 190 Å². The Morgan fingerprint density at radius 3 is 2.42 bits per heavy atom. The van der Waals surface area contributed by atoms with Crippen molar-refractivity contribution >= 4 is 17.2 Å². The van der Waals surface area contributed by atoms with E-state index in [-0.39, 0.29) is 23.9 Å². The summed E-state index contributed by atoms with van der Waals surface area (Å²) in [4.78, 5) is 23.8. The number of carbonyl (C=O) groups excluding carboxylic acids is 1. The van der Waals surface area contributed by atoms with Crippen molar-refractivity contribution in [1.82, 2.24) is 0 Å². The molecule has 33 heavy (non-hydrogen) atoms. The first kappa shape index (κ1) is 23.3. The van der Waals surface area contributed by atoms with Crippen LogP contribution in [0.4, 0.5) is 24.5 Å². The van der Waals surface area contributed by atoms with Gasteiger partial charge in [-0.05, 0) is 66.6 Å². The van der Waals surface area contributed by atoms with E-state index in [1.165, 1.54) is 43.9 Å². The monoisotopic (exact) mass is 460 g/mol. The molecule has 0 spiro atoms. The molecule has 1 atom stereocenters. The van der Waals surface area contributed by atoms with Gasteiger partial charge in [0.05, 0.1) is 16.5 Å². The van der Waals surface area contributed by atoms with Gasteiger partial charge in [-0.2, -0.15) is 13.2 Å². The van der Waals surface area contributed by atoms with Crippen LogP contribution in [-0.4, -0.2) is 10.7 Å². The number of hydrogen-bond acceptors (Lipinski definition) is 4. The Morgan fingerprint density at radius 2 is 1.79 bits per heavy atom. The van der Waals surface area contributed by atoms with Gasteiger partial charge in [0.15, 0.2) is 0 Å². The van der Waals surface area contributed by atoms with Crippen LogP contribution in [0, 0.1) is 16.0 Å². The summed E-state index contributed by atoms with van der Waals surface area (Å²) < 4.78 is 38.4. The molecule has 0 aliphatic heterocycles. The van der Waals surface area contributed by atoms with E-state index in [1.54, 1.807) is 6.07 Å². The quantitative estimate of drug-likeness (QED) is 0.348. The summed E-state index contributed by atoms with van der Waals surface area (Å²) in [6.45, 7) is 0. The number of halogens is 3. The van der Waals surface area contributed by atoms with Crippen molar-refractivity contribution in [2.75, 3.05) is 5.32 Å². The average molecular weight is 460 g/mol. The van der Waals surface area contributed by atoms with Gasteiger partial charge in [-0.25, -0.2) is 0 Å². The van der Waals surface area contributed by atoms with Crippen LogP contribution < -0.4 is 5.32 Å². The number of nitro benzene ring substituents is 1. The molecule has 0 bridgehead atoms. The fourth-order valence-corrected chi connectivity index (χ4v) is 5.08. The van der Waals surface area contributed by atoms with E-state index in [0.29, 0.717) is 36.4 Å². The van der Waals surface area contributed by atoms with Crippen LogP contribution in [0.5, 0.6) is 0 Å². The predicted molar refractivity (Wildman–Crippen MR) is 119 cm³/mol. The molecule has 1 saturated carbocycles. The van der Waals surface area contributed by atoms with E-state index in [0.717, 1.165) is 29.7 Å². The Bertz CT molecular complexity index is 1030. The zero-order valence-electron chi connectivity index (χ0n) is 18.3. The molecule has 0 saturated heterocycles. The minimum Gasteiger partial charge on any atom is -0.378 e. The zero-order chi connectivity index (χ0) is 23.6. The number of fused-ring (bicyclic) bond motifs is 1. The van der Waals surface area contributed by atoms with Gasteiger partial charge in [0.2, 0.25) is 0 Å². The number of nitrogens with zero attached hydrogens (tertiary/aromatic N) is 1. The van der Waals surface area contributed by atoms with Gasteiger partial charge in [0.25, 0.3) is 5.69 Å². The van der Waals surface area contributed by atoms with Crippen LogP contribution in [0.1, 0.15) is 73.2 Å². The zero-order valence-corrected chi connectivity index (χ0v) is 18.3. The SMILES string of the molecule is O=C(CCC1CCCC1)Cc1cc2c(cc1[N+](=O)[O-])C(Nc1ccc(C(F)(F)F)cc1)CC2. The van der Waals surface area contributed by atoms with Crippen molar-refractivity contribution in [3.63, 3.8) is 0 Å². The summed E-state index contributed by atoms with van der Waals surface area (Å²) in [5.41, 5.74) is 1.90. The van der Waals surface area contributed by atoms with Crippen molar-refractivity contribution in [2.24, 2.45) is 5.92 Å². The van der Waals surface area contributed by atoms with Crippen molar-refractivity contribution in [3.8, 4) is 0 Å². The van der Waals surface area contributed by atoms with E-state index >= 15 is 0 Å². The number of carbonyl (C=O) groups is 1. The maximum Gasteiger partial charge on any atom is 0.416 e. The Morgan fingerprint density at radius 1 is 1.09 bits per heavy atom. The first-order chi connectivity index (χ1) is 15.7.